The molecule has 9 heteroatoms. The molecule has 1 unspecified atom stereocenters. The highest BCUT2D eigenvalue weighted by Gasteiger charge is 2.34. The Morgan fingerprint density at radius 2 is 1.79 bits per heavy atom. The second-order valence-corrected chi connectivity index (χ2v) is 8.49. The fourth-order valence-electron chi connectivity index (χ4n) is 3.26. The van der Waals surface area contributed by atoms with Crippen molar-refractivity contribution in [2.75, 3.05) is 13.1 Å². The van der Waals surface area contributed by atoms with E-state index in [1.807, 2.05) is 0 Å². The van der Waals surface area contributed by atoms with E-state index in [2.05, 4.69) is 10.2 Å². The van der Waals surface area contributed by atoms with Crippen LogP contribution in [0.25, 0.3) is 11.5 Å². The van der Waals surface area contributed by atoms with E-state index in [1.54, 1.807) is 0 Å². The molecule has 1 aliphatic rings. The third kappa shape index (κ3) is 3.55. The van der Waals surface area contributed by atoms with Crippen molar-refractivity contribution in [3.8, 4) is 11.5 Å². The van der Waals surface area contributed by atoms with Crippen LogP contribution in [0.2, 0.25) is 0 Å². The van der Waals surface area contributed by atoms with Crippen LogP contribution in [0, 0.1) is 11.6 Å². The van der Waals surface area contributed by atoms with E-state index in [0.717, 1.165) is 6.07 Å². The zero-order valence-corrected chi connectivity index (χ0v) is 15.6. The SMILES string of the molecule is O=S(=O)(c1ccccc1F)N1CCCC(c2nnc(-c3ccc(F)cc3)o2)C1. The van der Waals surface area contributed by atoms with Crippen molar-refractivity contribution < 1.29 is 21.6 Å². The lowest BCUT2D eigenvalue weighted by atomic mass is 10.00. The molecule has 2 heterocycles. The topological polar surface area (TPSA) is 76.3 Å². The van der Waals surface area contributed by atoms with E-state index in [4.69, 9.17) is 4.42 Å². The van der Waals surface area contributed by atoms with Gasteiger partial charge in [0.05, 0.1) is 5.92 Å². The highest BCUT2D eigenvalue weighted by Crippen LogP contribution is 2.31. The monoisotopic (exact) mass is 405 g/mol. The lowest BCUT2D eigenvalue weighted by molar-refractivity contribution is 0.285. The van der Waals surface area contributed by atoms with Crippen molar-refractivity contribution in [3.63, 3.8) is 0 Å². The number of aromatic nitrogens is 2. The summed E-state index contributed by atoms with van der Waals surface area (Å²) in [6.07, 6.45) is 1.26. The Morgan fingerprint density at radius 1 is 1.04 bits per heavy atom. The molecule has 0 radical (unpaired) electrons. The van der Waals surface area contributed by atoms with Gasteiger partial charge in [-0.05, 0) is 49.2 Å². The molecule has 0 saturated carbocycles. The first-order chi connectivity index (χ1) is 13.4. The number of halogens is 2. The average Bonchev–Trinajstić information content (AvgIpc) is 3.19. The van der Waals surface area contributed by atoms with Crippen molar-refractivity contribution in [2.24, 2.45) is 0 Å². The van der Waals surface area contributed by atoms with Crippen molar-refractivity contribution >= 4 is 10.0 Å². The predicted octanol–water partition coefficient (Wildman–Crippen LogP) is 3.58. The normalized spacial score (nSPS) is 18.3. The largest absolute Gasteiger partial charge is 0.420 e. The molecule has 1 atom stereocenters. The van der Waals surface area contributed by atoms with Crippen LogP contribution in [0.1, 0.15) is 24.7 Å². The number of benzene rings is 2. The van der Waals surface area contributed by atoms with Crippen molar-refractivity contribution in [2.45, 2.75) is 23.7 Å². The van der Waals surface area contributed by atoms with E-state index >= 15 is 0 Å². The Hall–Kier alpha value is -2.65. The molecule has 1 saturated heterocycles. The fourth-order valence-corrected chi connectivity index (χ4v) is 4.85. The molecule has 0 bridgehead atoms. The Kier molecular flexibility index (Phi) is 4.94. The maximum atomic E-state index is 14.0. The summed E-state index contributed by atoms with van der Waals surface area (Å²) >= 11 is 0. The molecule has 1 fully saturated rings. The standard InChI is InChI=1S/C19H17F2N3O3S/c20-15-9-7-13(8-10-15)18-22-23-19(27-18)14-4-3-11-24(12-14)28(25,26)17-6-2-1-5-16(17)21/h1-2,5-10,14H,3-4,11-12H2. The van der Waals surface area contributed by atoms with Crippen LogP contribution in [0.4, 0.5) is 8.78 Å². The van der Waals surface area contributed by atoms with Gasteiger partial charge in [0, 0.05) is 18.7 Å². The summed E-state index contributed by atoms with van der Waals surface area (Å²) in [5.74, 6) is -0.889. The van der Waals surface area contributed by atoms with Crippen molar-refractivity contribution in [1.29, 1.82) is 0 Å². The average molecular weight is 405 g/mol. The van der Waals surface area contributed by atoms with E-state index < -0.39 is 15.8 Å². The Bertz CT molecular complexity index is 1080. The fraction of sp³-hybridized carbons (Fsp3) is 0.263. The molecule has 2 aromatic carbocycles. The summed E-state index contributed by atoms with van der Waals surface area (Å²) in [5.41, 5.74) is 0.576. The number of nitrogens with zero attached hydrogens (tertiary/aromatic N) is 3. The molecule has 3 aromatic rings. The second kappa shape index (κ2) is 7.40. The highest BCUT2D eigenvalue weighted by atomic mass is 32.2. The molecule has 4 rings (SSSR count). The first-order valence-corrected chi connectivity index (χ1v) is 10.2. The summed E-state index contributed by atoms with van der Waals surface area (Å²) < 4.78 is 59.7. The van der Waals surface area contributed by atoms with Crippen molar-refractivity contribution in [3.05, 3.63) is 66.1 Å². The summed E-state index contributed by atoms with van der Waals surface area (Å²) in [4.78, 5) is -0.340. The van der Waals surface area contributed by atoms with Gasteiger partial charge in [-0.25, -0.2) is 17.2 Å². The first kappa shape index (κ1) is 18.7. The molecule has 6 nitrogen and oxygen atoms in total. The van der Waals surface area contributed by atoms with Gasteiger partial charge < -0.3 is 4.42 Å². The number of rotatable bonds is 4. The van der Waals surface area contributed by atoms with Crippen LogP contribution in [0.5, 0.6) is 0 Å². The lowest BCUT2D eigenvalue weighted by Crippen LogP contribution is -2.39. The quantitative estimate of drug-likeness (QED) is 0.663. The van der Waals surface area contributed by atoms with E-state index in [0.29, 0.717) is 30.8 Å². The van der Waals surface area contributed by atoms with Crippen LogP contribution >= 0.6 is 0 Å². The second-order valence-electron chi connectivity index (χ2n) is 6.58. The minimum atomic E-state index is -3.96. The van der Waals surface area contributed by atoms with Crippen LogP contribution < -0.4 is 0 Å². The molecule has 0 amide bonds. The van der Waals surface area contributed by atoms with E-state index in [-0.39, 0.29) is 29.1 Å². The molecule has 1 aliphatic heterocycles. The highest BCUT2D eigenvalue weighted by molar-refractivity contribution is 7.89. The van der Waals surface area contributed by atoms with Gasteiger partial charge in [0.15, 0.2) is 0 Å². The minimum Gasteiger partial charge on any atom is -0.420 e. The van der Waals surface area contributed by atoms with Crippen LogP contribution in [-0.4, -0.2) is 36.0 Å². The van der Waals surface area contributed by atoms with Crippen LogP contribution in [0.15, 0.2) is 57.8 Å². The van der Waals surface area contributed by atoms with Gasteiger partial charge in [0.2, 0.25) is 21.8 Å². The smallest absolute Gasteiger partial charge is 0.247 e. The third-order valence-electron chi connectivity index (χ3n) is 4.72. The maximum absolute atomic E-state index is 14.0. The minimum absolute atomic E-state index is 0.127. The maximum Gasteiger partial charge on any atom is 0.247 e. The summed E-state index contributed by atoms with van der Waals surface area (Å²) in [6.45, 7) is 0.424. The van der Waals surface area contributed by atoms with Gasteiger partial charge >= 0.3 is 0 Å². The lowest BCUT2D eigenvalue weighted by Gasteiger charge is -2.30. The zero-order chi connectivity index (χ0) is 19.7. The number of hydrogen-bond donors (Lipinski definition) is 0. The van der Waals surface area contributed by atoms with Gasteiger partial charge in [0.25, 0.3) is 0 Å². The van der Waals surface area contributed by atoms with E-state index in [1.165, 1.54) is 46.8 Å². The van der Waals surface area contributed by atoms with Gasteiger partial charge in [-0.1, -0.05) is 12.1 Å². The van der Waals surface area contributed by atoms with Gasteiger partial charge in [-0.2, -0.15) is 4.31 Å². The van der Waals surface area contributed by atoms with Crippen molar-refractivity contribution in [1.82, 2.24) is 14.5 Å². The molecule has 0 N–H and O–H groups in total. The molecule has 28 heavy (non-hydrogen) atoms. The number of sulfonamides is 1. The summed E-state index contributed by atoms with van der Waals surface area (Å²) in [5, 5.41) is 8.02. The third-order valence-corrected chi connectivity index (χ3v) is 6.62. The molecule has 1 aromatic heterocycles. The molecule has 0 aliphatic carbocycles. The Balaban J connectivity index is 1.56. The summed E-state index contributed by atoms with van der Waals surface area (Å²) in [6, 6.07) is 11.0. The number of hydrogen-bond acceptors (Lipinski definition) is 5. The zero-order valence-electron chi connectivity index (χ0n) is 14.8. The van der Waals surface area contributed by atoms with Gasteiger partial charge in [-0.15, -0.1) is 10.2 Å². The molecular weight excluding hydrogens is 388 g/mol. The molecule has 0 spiro atoms. The first-order valence-electron chi connectivity index (χ1n) is 8.79. The summed E-state index contributed by atoms with van der Waals surface area (Å²) in [7, 11) is -3.96. The number of piperidine rings is 1. The van der Waals surface area contributed by atoms with Crippen LogP contribution in [0.3, 0.4) is 0 Å². The predicted molar refractivity (Wildman–Crippen MR) is 96.8 cm³/mol. The Labute approximate surface area is 160 Å². The molecular formula is C19H17F2N3O3S. The van der Waals surface area contributed by atoms with E-state index in [9.17, 15) is 17.2 Å². The molecule has 146 valence electrons. The van der Waals surface area contributed by atoms with Gasteiger partial charge in [-0.3, -0.25) is 0 Å². The Morgan fingerprint density at radius 3 is 2.54 bits per heavy atom. The van der Waals surface area contributed by atoms with Crippen LogP contribution in [-0.2, 0) is 10.0 Å². The van der Waals surface area contributed by atoms with Gasteiger partial charge in [0.1, 0.15) is 16.5 Å².